The van der Waals surface area contributed by atoms with Crippen molar-refractivity contribution in [1.29, 1.82) is 0 Å². The lowest BCUT2D eigenvalue weighted by Crippen LogP contribution is -2.45. The van der Waals surface area contributed by atoms with Crippen LogP contribution in [-0.4, -0.2) is 29.7 Å². The van der Waals surface area contributed by atoms with Crippen molar-refractivity contribution >= 4 is 11.3 Å². The lowest BCUT2D eigenvalue weighted by Gasteiger charge is -2.42. The molecule has 1 fully saturated rings. The van der Waals surface area contributed by atoms with Crippen molar-refractivity contribution in [2.24, 2.45) is 11.3 Å². The van der Waals surface area contributed by atoms with Gasteiger partial charge in [-0.15, -0.1) is 11.3 Å². The zero-order chi connectivity index (χ0) is 13.0. The van der Waals surface area contributed by atoms with Crippen molar-refractivity contribution in [2.75, 3.05) is 19.7 Å². The van der Waals surface area contributed by atoms with Gasteiger partial charge in [-0.25, -0.2) is 0 Å². The molecule has 3 heteroatoms. The van der Waals surface area contributed by atoms with E-state index in [9.17, 15) is 5.11 Å². The van der Waals surface area contributed by atoms with Crippen LogP contribution in [0.25, 0.3) is 0 Å². The Morgan fingerprint density at radius 1 is 1.50 bits per heavy atom. The maximum Gasteiger partial charge on any atom is 0.0499 e. The summed E-state index contributed by atoms with van der Waals surface area (Å²) in [5, 5.41) is 12.0. The molecular formula is C15H25NOS. The van der Waals surface area contributed by atoms with Crippen molar-refractivity contribution in [3.63, 3.8) is 0 Å². The molecule has 0 spiro atoms. The van der Waals surface area contributed by atoms with Crippen LogP contribution < -0.4 is 0 Å². The Hall–Kier alpha value is -0.380. The fraction of sp³-hybridized carbons (Fsp3) is 0.733. The minimum absolute atomic E-state index is 0.143. The molecule has 2 nitrogen and oxygen atoms in total. The van der Waals surface area contributed by atoms with E-state index in [4.69, 9.17) is 0 Å². The zero-order valence-corrected chi connectivity index (χ0v) is 12.4. The molecule has 1 aliphatic rings. The summed E-state index contributed by atoms with van der Waals surface area (Å²) >= 11 is 1.83. The lowest BCUT2D eigenvalue weighted by molar-refractivity contribution is 0.0136. The number of likely N-dealkylation sites (tertiary alicyclic amines) is 1. The number of nitrogens with zero attached hydrogens (tertiary/aromatic N) is 1. The molecule has 1 saturated heterocycles. The first-order chi connectivity index (χ1) is 8.63. The molecule has 2 rings (SSSR count). The summed E-state index contributed by atoms with van der Waals surface area (Å²) in [4.78, 5) is 3.96. The van der Waals surface area contributed by atoms with E-state index in [0.29, 0.717) is 12.5 Å². The number of rotatable bonds is 5. The first-order valence-corrected chi connectivity index (χ1v) is 7.87. The molecule has 1 aliphatic heterocycles. The quantitative estimate of drug-likeness (QED) is 0.884. The summed E-state index contributed by atoms with van der Waals surface area (Å²) in [6.07, 6.45) is 3.55. The second-order valence-corrected chi connectivity index (χ2v) is 7.18. The number of thiophene rings is 1. The van der Waals surface area contributed by atoms with Gasteiger partial charge in [0, 0.05) is 30.0 Å². The molecule has 0 radical (unpaired) electrons. The third-order valence-electron chi connectivity index (χ3n) is 3.88. The monoisotopic (exact) mass is 267 g/mol. The van der Waals surface area contributed by atoms with Gasteiger partial charge in [-0.1, -0.05) is 19.9 Å². The molecule has 0 bridgehead atoms. The highest BCUT2D eigenvalue weighted by molar-refractivity contribution is 7.09. The van der Waals surface area contributed by atoms with Gasteiger partial charge in [0.1, 0.15) is 0 Å². The first-order valence-electron chi connectivity index (χ1n) is 6.99. The SMILES string of the molecule is CC(C)C[C@]1(CO)CCCN(Cc2cccs2)C1. The largest absolute Gasteiger partial charge is 0.396 e. The maximum atomic E-state index is 9.81. The average molecular weight is 267 g/mol. The second kappa shape index (κ2) is 6.18. The van der Waals surface area contributed by atoms with Gasteiger partial charge in [0.25, 0.3) is 0 Å². The van der Waals surface area contributed by atoms with E-state index in [0.717, 1.165) is 19.5 Å². The van der Waals surface area contributed by atoms with Crippen LogP contribution in [0.2, 0.25) is 0 Å². The molecule has 1 atom stereocenters. The van der Waals surface area contributed by atoms with Gasteiger partial charge in [0.05, 0.1) is 0 Å². The van der Waals surface area contributed by atoms with Crippen molar-refractivity contribution in [3.05, 3.63) is 22.4 Å². The highest BCUT2D eigenvalue weighted by Gasteiger charge is 2.35. The van der Waals surface area contributed by atoms with Gasteiger partial charge >= 0.3 is 0 Å². The van der Waals surface area contributed by atoms with Crippen LogP contribution in [0.4, 0.5) is 0 Å². The molecule has 0 aliphatic carbocycles. The molecule has 1 N–H and O–H groups in total. The minimum Gasteiger partial charge on any atom is -0.396 e. The average Bonchev–Trinajstić information content (AvgIpc) is 2.81. The van der Waals surface area contributed by atoms with Crippen molar-refractivity contribution in [1.82, 2.24) is 4.90 Å². The Morgan fingerprint density at radius 2 is 2.33 bits per heavy atom. The Kier molecular flexibility index (Phi) is 4.82. The lowest BCUT2D eigenvalue weighted by atomic mass is 9.74. The highest BCUT2D eigenvalue weighted by Crippen LogP contribution is 2.36. The van der Waals surface area contributed by atoms with Gasteiger partial charge < -0.3 is 5.11 Å². The van der Waals surface area contributed by atoms with E-state index in [1.807, 2.05) is 11.3 Å². The third kappa shape index (κ3) is 3.56. The minimum atomic E-state index is 0.143. The van der Waals surface area contributed by atoms with Crippen LogP contribution >= 0.6 is 11.3 Å². The predicted octanol–water partition coefficient (Wildman–Crippen LogP) is 3.37. The van der Waals surface area contributed by atoms with Gasteiger partial charge in [-0.05, 0) is 43.2 Å². The second-order valence-electron chi connectivity index (χ2n) is 6.15. The molecule has 1 aromatic rings. The summed E-state index contributed by atoms with van der Waals surface area (Å²) in [7, 11) is 0. The number of aliphatic hydroxyl groups excluding tert-OH is 1. The Bertz CT molecular complexity index is 349. The third-order valence-corrected chi connectivity index (χ3v) is 4.74. The zero-order valence-electron chi connectivity index (χ0n) is 11.6. The van der Waals surface area contributed by atoms with Crippen molar-refractivity contribution < 1.29 is 5.11 Å². The summed E-state index contributed by atoms with van der Waals surface area (Å²) in [6, 6.07) is 4.33. The Labute approximate surface area is 115 Å². The van der Waals surface area contributed by atoms with Gasteiger partial charge in [-0.2, -0.15) is 0 Å². The number of aliphatic hydroxyl groups is 1. The van der Waals surface area contributed by atoms with Crippen LogP contribution in [0, 0.1) is 11.3 Å². The topological polar surface area (TPSA) is 23.5 Å². The molecule has 102 valence electrons. The van der Waals surface area contributed by atoms with E-state index in [1.165, 1.54) is 24.3 Å². The molecule has 2 heterocycles. The van der Waals surface area contributed by atoms with Crippen LogP contribution in [-0.2, 0) is 6.54 Å². The van der Waals surface area contributed by atoms with E-state index in [2.05, 4.69) is 36.3 Å². The fourth-order valence-corrected chi connectivity index (χ4v) is 4.04. The predicted molar refractivity (Wildman–Crippen MR) is 77.8 cm³/mol. The van der Waals surface area contributed by atoms with Crippen LogP contribution in [0.1, 0.15) is 38.0 Å². The maximum absolute atomic E-state index is 9.81. The summed E-state index contributed by atoms with van der Waals surface area (Å²) < 4.78 is 0. The molecule has 0 amide bonds. The van der Waals surface area contributed by atoms with Crippen LogP contribution in [0.15, 0.2) is 17.5 Å². The molecule has 0 saturated carbocycles. The number of hydrogen-bond donors (Lipinski definition) is 1. The van der Waals surface area contributed by atoms with Gasteiger partial charge in [0.2, 0.25) is 0 Å². The smallest absolute Gasteiger partial charge is 0.0499 e. The van der Waals surface area contributed by atoms with Gasteiger partial charge in [0.15, 0.2) is 0 Å². The van der Waals surface area contributed by atoms with Crippen molar-refractivity contribution in [3.8, 4) is 0 Å². The summed E-state index contributed by atoms with van der Waals surface area (Å²) in [5.41, 5.74) is 0.143. The van der Waals surface area contributed by atoms with Crippen LogP contribution in [0.3, 0.4) is 0 Å². The molecule has 0 aromatic carbocycles. The Morgan fingerprint density at radius 3 is 2.94 bits per heavy atom. The number of hydrogen-bond acceptors (Lipinski definition) is 3. The van der Waals surface area contributed by atoms with Crippen LogP contribution in [0.5, 0.6) is 0 Å². The van der Waals surface area contributed by atoms with Gasteiger partial charge in [-0.3, -0.25) is 4.90 Å². The molecule has 0 unspecified atom stereocenters. The summed E-state index contributed by atoms with van der Waals surface area (Å²) in [5.74, 6) is 0.666. The van der Waals surface area contributed by atoms with E-state index >= 15 is 0 Å². The normalized spacial score (nSPS) is 25.8. The fourth-order valence-electron chi connectivity index (χ4n) is 3.29. The first kappa shape index (κ1) is 14.0. The molecule has 1 aromatic heterocycles. The highest BCUT2D eigenvalue weighted by atomic mass is 32.1. The number of piperidine rings is 1. The van der Waals surface area contributed by atoms with Crippen molar-refractivity contribution in [2.45, 2.75) is 39.7 Å². The molecular weight excluding hydrogens is 242 g/mol. The molecule has 18 heavy (non-hydrogen) atoms. The standard InChI is InChI=1S/C15H25NOS/c1-13(2)9-15(12-17)6-4-7-16(11-15)10-14-5-3-8-18-14/h3,5,8,13,17H,4,6-7,9-12H2,1-2H3/t15-/m1/s1. The summed E-state index contributed by atoms with van der Waals surface area (Å²) in [6.45, 7) is 8.15. The Balaban J connectivity index is 1.98. The van der Waals surface area contributed by atoms with E-state index in [-0.39, 0.29) is 5.41 Å². The van der Waals surface area contributed by atoms with E-state index < -0.39 is 0 Å². The van der Waals surface area contributed by atoms with E-state index in [1.54, 1.807) is 0 Å².